The summed E-state index contributed by atoms with van der Waals surface area (Å²) >= 11 is 0. The lowest BCUT2D eigenvalue weighted by atomic mass is 9.74. The van der Waals surface area contributed by atoms with Crippen LogP contribution < -0.4 is 16.0 Å². The fraction of sp³-hybridized carbons (Fsp3) is 0.818. The number of nitrogens with one attached hydrogen (secondary N) is 3. The first kappa shape index (κ1) is 87.5. The van der Waals surface area contributed by atoms with Gasteiger partial charge >= 0.3 is 12.4 Å². The van der Waals surface area contributed by atoms with E-state index in [-0.39, 0.29) is 128 Å². The Bertz CT molecular complexity index is 3270. The summed E-state index contributed by atoms with van der Waals surface area (Å²) in [5.74, 6) is -14.3. The minimum atomic E-state index is -4.56. The summed E-state index contributed by atoms with van der Waals surface area (Å²) in [6, 6.07) is -10.7. The number of carbonyl (C=O) groups is 12. The van der Waals surface area contributed by atoms with Crippen LogP contribution in [0.2, 0.25) is 0 Å². The van der Waals surface area contributed by atoms with Crippen molar-refractivity contribution in [2.45, 2.75) is 267 Å². The van der Waals surface area contributed by atoms with E-state index in [2.05, 4.69) is 16.0 Å². The van der Waals surface area contributed by atoms with Gasteiger partial charge in [0.25, 0.3) is 0 Å². The van der Waals surface area contributed by atoms with E-state index in [9.17, 15) is 45.5 Å². The quantitative estimate of drug-likeness (QED) is 0.129. The second kappa shape index (κ2) is 37.9. The maximum Gasteiger partial charge on any atom is 0.394 e. The number of carbonyl (C=O) groups excluding carboxylic acids is 12. The van der Waals surface area contributed by atoms with Crippen molar-refractivity contribution in [3.05, 3.63) is 12.2 Å². The molecule has 26 nitrogen and oxygen atoms in total. The van der Waals surface area contributed by atoms with Crippen LogP contribution >= 0.6 is 0 Å². The van der Waals surface area contributed by atoms with Gasteiger partial charge in [0.2, 0.25) is 70.9 Å². The second-order valence-electron chi connectivity index (χ2n) is 32.4. The summed E-state index contributed by atoms with van der Waals surface area (Å²) in [4.78, 5) is 193. The molecule has 8 rings (SSSR count). The number of likely N-dealkylation sites (N-methyl/N-ethyl adjacent to an activating group) is 7. The number of methoxy groups -OCH3 is 1. The van der Waals surface area contributed by atoms with Crippen LogP contribution in [0, 0.1) is 41.4 Å². The molecule has 5 aliphatic carbocycles. The van der Waals surface area contributed by atoms with E-state index in [1.807, 2.05) is 6.92 Å². The van der Waals surface area contributed by atoms with Gasteiger partial charge < -0.3 is 69.5 Å². The lowest BCUT2D eigenvalue weighted by Crippen LogP contribution is -2.68. The van der Waals surface area contributed by atoms with Crippen molar-refractivity contribution in [1.82, 2.24) is 60.0 Å². The second-order valence-corrected chi connectivity index (χ2v) is 32.4. The van der Waals surface area contributed by atoms with Crippen LogP contribution in [-0.4, -0.2) is 289 Å². The first-order valence-corrected chi connectivity index (χ1v) is 39.7. The first-order chi connectivity index (χ1) is 51.4. The number of hydrogen-bond acceptors (Lipinski definition) is 14. The topological polar surface area (TPSA) is 289 Å². The third kappa shape index (κ3) is 20.8. The van der Waals surface area contributed by atoms with Gasteiger partial charge in [-0.05, 0) is 165 Å². The number of halogens is 6. The van der Waals surface area contributed by atoms with Gasteiger partial charge in [-0.2, -0.15) is 26.3 Å². The Morgan fingerprint density at radius 1 is 0.633 bits per heavy atom. The molecule has 8 aliphatic rings. The number of hydrogen-bond donors (Lipinski definition) is 3. The third-order valence-corrected chi connectivity index (χ3v) is 25.5. The van der Waals surface area contributed by atoms with Gasteiger partial charge in [0, 0.05) is 89.1 Å². The van der Waals surface area contributed by atoms with E-state index in [1.54, 1.807) is 32.9 Å². The van der Waals surface area contributed by atoms with Gasteiger partial charge in [-0.25, -0.2) is 0 Å². The van der Waals surface area contributed by atoms with Gasteiger partial charge in [-0.1, -0.05) is 51.7 Å². The van der Waals surface area contributed by atoms with Gasteiger partial charge in [-0.15, -0.1) is 0 Å². The highest BCUT2D eigenvalue weighted by atomic mass is 19.4. The number of rotatable bonds is 14. The summed E-state index contributed by atoms with van der Waals surface area (Å²) in [5.41, 5.74) is -1.63. The molecular weight excluding hydrogens is 1430 g/mol. The fourth-order valence-electron chi connectivity index (χ4n) is 17.9. The van der Waals surface area contributed by atoms with E-state index in [1.165, 1.54) is 85.8 Å². The summed E-state index contributed by atoms with van der Waals surface area (Å²) in [6.07, 6.45) is -3.71. The Labute approximate surface area is 637 Å². The Balaban J connectivity index is 1.20. The maximum absolute atomic E-state index is 15.7. The molecular formula is C77H120F6N12O14. The molecule has 5 saturated carbocycles. The molecule has 0 aromatic rings. The van der Waals surface area contributed by atoms with Crippen molar-refractivity contribution >= 4 is 70.9 Å². The van der Waals surface area contributed by atoms with Gasteiger partial charge in [-0.3, -0.25) is 57.5 Å². The molecule has 12 amide bonds. The van der Waals surface area contributed by atoms with Crippen molar-refractivity contribution in [3.63, 3.8) is 0 Å². The molecule has 1 spiro atoms. The van der Waals surface area contributed by atoms with Crippen LogP contribution in [0.5, 0.6) is 0 Å². The normalized spacial score (nSPS) is 31.9. The molecule has 109 heavy (non-hydrogen) atoms. The van der Waals surface area contributed by atoms with Crippen molar-refractivity contribution in [3.8, 4) is 0 Å². The SMILES string of the molecule is CCO[C@@H]1C[C@H]2C(=O)NC3(CCC3)C(=O)N(C)[C@@H](C3CCCC3)C(=O)N(C)[C@H](C(=O)N(C)CC)CC(=O)N(C)[C@@H](C3CCC3)C(=O)N[C@@H]([C@@H](C)CC)C(=O)N(C)CC(=O)N(C)[C@H]3C/C=C\CCN(C3=O)[C@@H](CC3CCC(C(F)(F)F)CC3)C(=O)N(C)CC(=O)N[C@@H](CCC3CCC(C(F)(F)F)C(OC)C3)C(=O)N2C1. The predicted octanol–water partition coefficient (Wildman–Crippen LogP) is 6.22. The highest BCUT2D eigenvalue weighted by molar-refractivity contribution is 6.01. The molecule has 3 heterocycles. The molecule has 3 unspecified atom stereocenters. The van der Waals surface area contributed by atoms with Gasteiger partial charge in [0.15, 0.2) is 0 Å². The number of alkyl halides is 6. The zero-order valence-corrected chi connectivity index (χ0v) is 65.9. The summed E-state index contributed by atoms with van der Waals surface area (Å²) in [7, 11) is 11.0. The molecule has 0 aromatic heterocycles. The molecule has 3 aliphatic heterocycles. The average Bonchev–Trinajstić information content (AvgIpc) is 1.74. The zero-order valence-electron chi connectivity index (χ0n) is 65.9. The molecule has 0 aromatic carbocycles. The predicted molar refractivity (Wildman–Crippen MR) is 389 cm³/mol. The summed E-state index contributed by atoms with van der Waals surface area (Å²) in [5, 5.41) is 8.73. The van der Waals surface area contributed by atoms with Crippen LogP contribution in [0.4, 0.5) is 26.3 Å². The Kier molecular flexibility index (Phi) is 30.4. The van der Waals surface area contributed by atoms with Crippen LogP contribution in [0.15, 0.2) is 12.2 Å². The van der Waals surface area contributed by atoms with E-state index in [0.717, 1.165) is 21.1 Å². The number of ether oxygens (including phenoxy) is 2. The maximum atomic E-state index is 15.7. The van der Waals surface area contributed by atoms with Crippen LogP contribution in [0.1, 0.15) is 188 Å². The monoisotopic (exact) mass is 1550 g/mol. The molecule has 13 atom stereocenters. The van der Waals surface area contributed by atoms with Crippen molar-refractivity contribution in [1.29, 1.82) is 0 Å². The molecule has 614 valence electrons. The standard InChI is InChI=1S/C77H120F6N12O14/c1-13-46(4)63-72(105)89(7)45-62(98)90(8)55-27-17-16-20-38-94(71(55)104)58(39-47-28-32-51(33-29-47)76(78,79)80)70(103)88(6)44-60(96)84-54(35-31-48-30-34-53(77(81,82)83)59(40-48)108-12)68(101)95-43-52(109-15-3)41-56(95)66(99)86-75(36-22-37-75)74(107)93(11)65(50-23-18-19-24-50)73(106)91(9)57(69(102)87(5)14-2)42-61(97)92(10)64(67(100)85-63)49-25-21-26-49/h16-17,46-59,63-65H,13-15,18-45H2,1-12H3,(H,84,96)(H,85,100)(H,86,99)/b17-16-/t46-,47?,48?,51?,52+,53?,54-,55-,56-,57-,58-,59?,63-,64-,65-/m0/s1. The molecule has 2 bridgehead atoms. The average molecular weight is 1550 g/mol. The first-order valence-electron chi connectivity index (χ1n) is 39.7. The highest BCUT2D eigenvalue weighted by Gasteiger charge is 2.55. The highest BCUT2D eigenvalue weighted by Crippen LogP contribution is 2.45. The van der Waals surface area contributed by atoms with Gasteiger partial charge in [0.1, 0.15) is 53.9 Å². The Hall–Kier alpha value is -7.12. The Morgan fingerprint density at radius 3 is 1.84 bits per heavy atom. The molecule has 0 radical (unpaired) electrons. The summed E-state index contributed by atoms with van der Waals surface area (Å²) < 4.78 is 96.9. The molecule has 3 N–H and O–H groups in total. The minimum Gasteiger partial charge on any atom is -0.381 e. The lowest BCUT2D eigenvalue weighted by molar-refractivity contribution is -0.215. The fourth-order valence-corrected chi connectivity index (χ4v) is 17.9. The van der Waals surface area contributed by atoms with E-state index in [0.29, 0.717) is 51.4 Å². The molecule has 32 heteroatoms. The Morgan fingerprint density at radius 2 is 1.27 bits per heavy atom. The summed E-state index contributed by atoms with van der Waals surface area (Å²) in [6.45, 7) is 5.63. The van der Waals surface area contributed by atoms with Crippen LogP contribution in [-0.2, 0) is 67.0 Å². The van der Waals surface area contributed by atoms with Crippen LogP contribution in [0.3, 0.4) is 0 Å². The van der Waals surface area contributed by atoms with Crippen molar-refractivity contribution < 1.29 is 93.4 Å². The van der Waals surface area contributed by atoms with Crippen molar-refractivity contribution in [2.24, 2.45) is 41.4 Å². The number of amides is 12. The van der Waals surface area contributed by atoms with Gasteiger partial charge in [0.05, 0.1) is 43.6 Å². The number of nitrogens with zero attached hydrogens (tertiary/aromatic N) is 9. The third-order valence-electron chi connectivity index (χ3n) is 25.5. The molecule has 7 fully saturated rings. The van der Waals surface area contributed by atoms with Crippen LogP contribution in [0.25, 0.3) is 0 Å². The molecule has 2 saturated heterocycles. The largest absolute Gasteiger partial charge is 0.394 e. The van der Waals surface area contributed by atoms with Crippen molar-refractivity contribution in [2.75, 3.05) is 95.8 Å². The zero-order chi connectivity index (χ0) is 80.3. The van der Waals surface area contributed by atoms with E-state index >= 15 is 38.4 Å². The van der Waals surface area contributed by atoms with E-state index < -0.39 is 204 Å². The van der Waals surface area contributed by atoms with E-state index in [4.69, 9.17) is 9.47 Å². The smallest absolute Gasteiger partial charge is 0.381 e. The lowest BCUT2D eigenvalue weighted by Gasteiger charge is -2.47. The minimum absolute atomic E-state index is 0.0383. The number of fused-ring (bicyclic) bond motifs is 3.